The molecule has 17 heavy (non-hydrogen) atoms. The molecule has 0 bridgehead atoms. The van der Waals surface area contributed by atoms with Gasteiger partial charge in [-0.25, -0.2) is 4.98 Å². The molecule has 2 heterocycles. The lowest BCUT2D eigenvalue weighted by atomic mass is 9.99. The fourth-order valence-corrected chi connectivity index (χ4v) is 1.88. The Labute approximate surface area is 102 Å². The highest BCUT2D eigenvalue weighted by molar-refractivity contribution is 5.29. The van der Waals surface area contributed by atoms with Crippen LogP contribution in [0.4, 0.5) is 5.95 Å². The highest BCUT2D eigenvalue weighted by Gasteiger charge is 2.14. The van der Waals surface area contributed by atoms with Gasteiger partial charge in [0, 0.05) is 26.4 Å². The van der Waals surface area contributed by atoms with Gasteiger partial charge in [0.05, 0.1) is 6.61 Å². The van der Waals surface area contributed by atoms with Crippen molar-refractivity contribution >= 4 is 5.95 Å². The summed E-state index contributed by atoms with van der Waals surface area (Å²) in [6.07, 6.45) is 4.11. The van der Waals surface area contributed by atoms with Crippen LogP contribution in [0.2, 0.25) is 0 Å². The van der Waals surface area contributed by atoms with Crippen LogP contribution in [0.25, 0.3) is 0 Å². The van der Waals surface area contributed by atoms with E-state index in [-0.39, 0.29) is 0 Å². The Bertz CT molecular complexity index is 350. The van der Waals surface area contributed by atoms with Crippen molar-refractivity contribution in [1.82, 2.24) is 15.3 Å². The molecule has 1 saturated heterocycles. The lowest BCUT2D eigenvalue weighted by Crippen LogP contribution is -2.30. The van der Waals surface area contributed by atoms with Crippen molar-refractivity contribution in [3.8, 4) is 5.88 Å². The summed E-state index contributed by atoms with van der Waals surface area (Å²) in [5.74, 6) is 2.00. The van der Waals surface area contributed by atoms with Crippen LogP contribution in [0.3, 0.4) is 0 Å². The molecule has 1 N–H and O–H groups in total. The van der Waals surface area contributed by atoms with Gasteiger partial charge in [-0.3, -0.25) is 0 Å². The third kappa shape index (κ3) is 3.56. The molecule has 5 heteroatoms. The first-order valence-corrected chi connectivity index (χ1v) is 6.09. The molecule has 1 aliphatic heterocycles. The van der Waals surface area contributed by atoms with E-state index in [9.17, 15) is 0 Å². The molecule has 0 aliphatic carbocycles. The summed E-state index contributed by atoms with van der Waals surface area (Å²) in [5.41, 5.74) is 0. The van der Waals surface area contributed by atoms with E-state index in [0.29, 0.717) is 17.7 Å². The number of rotatable bonds is 4. The van der Waals surface area contributed by atoms with E-state index in [1.54, 1.807) is 6.20 Å². The van der Waals surface area contributed by atoms with Gasteiger partial charge in [-0.2, -0.15) is 4.98 Å². The van der Waals surface area contributed by atoms with Gasteiger partial charge in [0.2, 0.25) is 11.8 Å². The van der Waals surface area contributed by atoms with Crippen molar-refractivity contribution in [3.63, 3.8) is 0 Å². The van der Waals surface area contributed by atoms with Crippen molar-refractivity contribution in [1.29, 1.82) is 0 Å². The Kier molecular flexibility index (Phi) is 4.14. The summed E-state index contributed by atoms with van der Waals surface area (Å²) in [4.78, 5) is 10.4. The highest BCUT2D eigenvalue weighted by atomic mass is 16.5. The molecule has 0 amide bonds. The fraction of sp³-hybridized carbons (Fsp3) is 0.667. The molecular formula is C12H20N4O. The van der Waals surface area contributed by atoms with Gasteiger partial charge in [-0.1, -0.05) is 0 Å². The summed E-state index contributed by atoms with van der Waals surface area (Å²) in [6, 6.07) is 1.81. The zero-order valence-electron chi connectivity index (χ0n) is 10.5. The second kappa shape index (κ2) is 5.82. The predicted molar refractivity (Wildman–Crippen MR) is 67.4 cm³/mol. The average molecular weight is 236 g/mol. The van der Waals surface area contributed by atoms with Crippen LogP contribution in [0.5, 0.6) is 5.88 Å². The molecule has 0 saturated carbocycles. The number of ether oxygens (including phenoxy) is 1. The third-order valence-electron chi connectivity index (χ3n) is 2.94. The molecule has 0 spiro atoms. The monoisotopic (exact) mass is 236 g/mol. The molecule has 0 atom stereocenters. The van der Waals surface area contributed by atoms with Crippen LogP contribution in [0.1, 0.15) is 12.8 Å². The number of hydrogen-bond acceptors (Lipinski definition) is 5. The quantitative estimate of drug-likeness (QED) is 0.842. The normalized spacial score (nSPS) is 16.8. The van der Waals surface area contributed by atoms with Gasteiger partial charge in [0.25, 0.3) is 0 Å². The van der Waals surface area contributed by atoms with Crippen LogP contribution in [0, 0.1) is 5.92 Å². The lowest BCUT2D eigenvalue weighted by molar-refractivity contribution is 0.209. The van der Waals surface area contributed by atoms with Crippen LogP contribution in [-0.2, 0) is 0 Å². The number of hydrogen-bond donors (Lipinski definition) is 1. The number of nitrogens with one attached hydrogen (secondary N) is 1. The number of aromatic nitrogens is 2. The average Bonchev–Trinajstić information content (AvgIpc) is 2.38. The summed E-state index contributed by atoms with van der Waals surface area (Å²) in [6.45, 7) is 2.95. The smallest absolute Gasteiger partial charge is 0.228 e. The Balaban J connectivity index is 1.87. The van der Waals surface area contributed by atoms with Crippen LogP contribution < -0.4 is 15.0 Å². The van der Waals surface area contributed by atoms with E-state index in [0.717, 1.165) is 19.7 Å². The predicted octanol–water partition coefficient (Wildman–Crippen LogP) is 0.921. The summed E-state index contributed by atoms with van der Waals surface area (Å²) in [5, 5.41) is 3.35. The maximum Gasteiger partial charge on any atom is 0.228 e. The molecule has 0 unspecified atom stereocenters. The van der Waals surface area contributed by atoms with E-state index >= 15 is 0 Å². The first-order chi connectivity index (χ1) is 8.25. The van der Waals surface area contributed by atoms with Crippen molar-refractivity contribution in [2.75, 3.05) is 38.7 Å². The number of piperidine rings is 1. The minimum atomic E-state index is 0.647. The van der Waals surface area contributed by atoms with Gasteiger partial charge >= 0.3 is 0 Å². The van der Waals surface area contributed by atoms with Gasteiger partial charge in [0.1, 0.15) is 0 Å². The second-order valence-corrected chi connectivity index (χ2v) is 4.59. The SMILES string of the molecule is CN(C)c1nccc(OCC2CCNCC2)n1. The molecule has 1 aliphatic rings. The number of nitrogens with zero attached hydrogens (tertiary/aromatic N) is 3. The summed E-state index contributed by atoms with van der Waals surface area (Å²) < 4.78 is 5.73. The van der Waals surface area contributed by atoms with Gasteiger partial charge in [-0.15, -0.1) is 0 Å². The molecule has 94 valence electrons. The van der Waals surface area contributed by atoms with Crippen molar-refractivity contribution in [2.24, 2.45) is 5.92 Å². The molecule has 0 radical (unpaired) electrons. The summed E-state index contributed by atoms with van der Waals surface area (Å²) >= 11 is 0. The minimum Gasteiger partial charge on any atom is -0.477 e. The molecular weight excluding hydrogens is 216 g/mol. The lowest BCUT2D eigenvalue weighted by Gasteiger charge is -2.22. The molecule has 0 aromatic carbocycles. The molecule has 5 nitrogen and oxygen atoms in total. The van der Waals surface area contributed by atoms with Crippen LogP contribution in [-0.4, -0.2) is 43.8 Å². The van der Waals surface area contributed by atoms with Crippen molar-refractivity contribution in [2.45, 2.75) is 12.8 Å². The van der Waals surface area contributed by atoms with Gasteiger partial charge < -0.3 is 15.0 Å². The van der Waals surface area contributed by atoms with Crippen molar-refractivity contribution in [3.05, 3.63) is 12.3 Å². The second-order valence-electron chi connectivity index (χ2n) is 4.59. The number of anilines is 1. The maximum atomic E-state index is 5.73. The molecule has 1 aromatic rings. The Morgan fingerprint density at radius 1 is 1.41 bits per heavy atom. The molecule has 1 aromatic heterocycles. The van der Waals surface area contributed by atoms with Crippen LogP contribution in [0.15, 0.2) is 12.3 Å². The third-order valence-corrected chi connectivity index (χ3v) is 2.94. The van der Waals surface area contributed by atoms with Crippen molar-refractivity contribution < 1.29 is 4.74 Å². The van der Waals surface area contributed by atoms with E-state index in [4.69, 9.17) is 4.74 Å². The van der Waals surface area contributed by atoms with E-state index < -0.39 is 0 Å². The maximum absolute atomic E-state index is 5.73. The summed E-state index contributed by atoms with van der Waals surface area (Å²) in [7, 11) is 3.85. The largest absolute Gasteiger partial charge is 0.477 e. The minimum absolute atomic E-state index is 0.647. The van der Waals surface area contributed by atoms with Gasteiger partial charge in [0.15, 0.2) is 0 Å². The van der Waals surface area contributed by atoms with E-state index in [2.05, 4.69) is 15.3 Å². The first-order valence-electron chi connectivity index (χ1n) is 6.09. The first kappa shape index (κ1) is 12.1. The topological polar surface area (TPSA) is 50.3 Å². The molecule has 1 fully saturated rings. The zero-order chi connectivity index (χ0) is 12.1. The fourth-order valence-electron chi connectivity index (χ4n) is 1.88. The Hall–Kier alpha value is -1.36. The standard InChI is InChI=1S/C12H20N4O/c1-16(2)12-14-8-5-11(15-12)17-9-10-3-6-13-7-4-10/h5,8,10,13H,3-4,6-7,9H2,1-2H3. The zero-order valence-corrected chi connectivity index (χ0v) is 10.5. The highest BCUT2D eigenvalue weighted by Crippen LogP contribution is 2.15. The van der Waals surface area contributed by atoms with E-state index in [1.807, 2.05) is 25.1 Å². The Morgan fingerprint density at radius 3 is 2.88 bits per heavy atom. The van der Waals surface area contributed by atoms with Crippen LogP contribution >= 0.6 is 0 Å². The Morgan fingerprint density at radius 2 is 2.18 bits per heavy atom. The molecule has 2 rings (SSSR count). The van der Waals surface area contributed by atoms with E-state index in [1.165, 1.54) is 12.8 Å². The van der Waals surface area contributed by atoms with Gasteiger partial charge in [-0.05, 0) is 31.8 Å².